The summed E-state index contributed by atoms with van der Waals surface area (Å²) in [6, 6.07) is 5.04. The van der Waals surface area contributed by atoms with Crippen molar-refractivity contribution in [1.82, 2.24) is 4.98 Å². The minimum Gasteiger partial charge on any atom is -0.497 e. The van der Waals surface area contributed by atoms with Crippen LogP contribution in [-0.4, -0.2) is 36.2 Å². The van der Waals surface area contributed by atoms with E-state index in [9.17, 15) is 9.59 Å². The summed E-state index contributed by atoms with van der Waals surface area (Å²) in [7, 11) is 3.02. The van der Waals surface area contributed by atoms with Crippen LogP contribution in [0.25, 0.3) is 0 Å². The number of amides is 1. The summed E-state index contributed by atoms with van der Waals surface area (Å²) in [5.41, 5.74) is 0.411. The van der Waals surface area contributed by atoms with Crippen molar-refractivity contribution in [2.75, 3.05) is 19.5 Å². The van der Waals surface area contributed by atoms with Gasteiger partial charge < -0.3 is 19.9 Å². The Morgan fingerprint density at radius 3 is 2.68 bits per heavy atom. The summed E-state index contributed by atoms with van der Waals surface area (Å²) in [6.45, 7) is 0. The molecule has 2 N–H and O–H groups in total. The first-order chi connectivity index (χ1) is 10.5. The molecule has 0 aliphatic rings. The number of nitrogens with one attached hydrogen (secondary N) is 1. The van der Waals surface area contributed by atoms with Gasteiger partial charge >= 0.3 is 5.97 Å². The van der Waals surface area contributed by atoms with Gasteiger partial charge in [-0.2, -0.15) is 0 Å². The van der Waals surface area contributed by atoms with E-state index in [2.05, 4.69) is 10.3 Å². The molecule has 8 heteroatoms. The first-order valence-electron chi connectivity index (χ1n) is 6.23. The van der Waals surface area contributed by atoms with Gasteiger partial charge in [-0.05, 0) is 12.1 Å². The van der Waals surface area contributed by atoms with Crippen molar-refractivity contribution in [3.05, 3.63) is 34.3 Å². The fourth-order valence-corrected chi connectivity index (χ4v) is 2.50. The number of hydrogen-bond donors (Lipinski definition) is 2. The Kier molecular flexibility index (Phi) is 4.95. The minimum atomic E-state index is -1.11. The lowest BCUT2D eigenvalue weighted by Gasteiger charge is -2.11. The molecule has 7 nitrogen and oxygen atoms in total. The number of anilines is 1. The normalized spacial score (nSPS) is 10.1. The summed E-state index contributed by atoms with van der Waals surface area (Å²) >= 11 is 1.13. The molecule has 0 bridgehead atoms. The lowest BCUT2D eigenvalue weighted by atomic mass is 10.2. The molecule has 2 aromatic rings. The topological polar surface area (TPSA) is 97.8 Å². The van der Waals surface area contributed by atoms with Crippen LogP contribution in [0.3, 0.4) is 0 Å². The summed E-state index contributed by atoms with van der Waals surface area (Å²) in [5, 5.41) is 13.3. The molecule has 1 heterocycles. The highest BCUT2D eigenvalue weighted by molar-refractivity contribution is 7.09. The van der Waals surface area contributed by atoms with E-state index in [1.165, 1.54) is 19.6 Å². The molecule has 0 saturated carbocycles. The molecule has 1 aromatic heterocycles. The Labute approximate surface area is 130 Å². The molecule has 0 radical (unpaired) electrons. The number of carboxylic acids is 1. The Balaban J connectivity index is 2.09. The Morgan fingerprint density at radius 1 is 1.32 bits per heavy atom. The molecule has 0 unspecified atom stereocenters. The number of carbonyl (C=O) groups excluding carboxylic acids is 1. The van der Waals surface area contributed by atoms with Gasteiger partial charge in [-0.15, -0.1) is 11.3 Å². The van der Waals surface area contributed by atoms with Crippen molar-refractivity contribution < 1.29 is 24.2 Å². The zero-order valence-electron chi connectivity index (χ0n) is 12.0. The maximum atomic E-state index is 12.0. The maximum absolute atomic E-state index is 12.0. The largest absolute Gasteiger partial charge is 0.497 e. The van der Waals surface area contributed by atoms with E-state index in [0.717, 1.165) is 11.3 Å². The highest BCUT2D eigenvalue weighted by Crippen LogP contribution is 2.29. The summed E-state index contributed by atoms with van der Waals surface area (Å²) in [4.78, 5) is 26.7. The van der Waals surface area contributed by atoms with E-state index in [1.807, 2.05) is 0 Å². The van der Waals surface area contributed by atoms with Crippen molar-refractivity contribution in [3.63, 3.8) is 0 Å². The van der Waals surface area contributed by atoms with E-state index in [-0.39, 0.29) is 18.0 Å². The zero-order chi connectivity index (χ0) is 16.1. The standard InChI is InChI=1S/C14H14N2O5S/c1-20-8-3-4-11(21-2)9(5-8)15-12(17)6-13-16-10(7-22-13)14(18)19/h3-5,7H,6H2,1-2H3,(H,15,17)(H,18,19). The van der Waals surface area contributed by atoms with Gasteiger partial charge in [0, 0.05) is 11.4 Å². The van der Waals surface area contributed by atoms with E-state index in [1.54, 1.807) is 18.2 Å². The third-order valence-corrected chi connectivity index (χ3v) is 3.61. The Bertz CT molecular complexity index is 698. The van der Waals surface area contributed by atoms with Crippen molar-refractivity contribution in [1.29, 1.82) is 0 Å². The predicted molar refractivity (Wildman–Crippen MR) is 81.0 cm³/mol. The molecule has 0 fully saturated rings. The van der Waals surface area contributed by atoms with Crippen LogP contribution in [0, 0.1) is 0 Å². The van der Waals surface area contributed by atoms with Gasteiger partial charge in [-0.1, -0.05) is 0 Å². The molecule has 22 heavy (non-hydrogen) atoms. The number of rotatable bonds is 6. The highest BCUT2D eigenvalue weighted by Gasteiger charge is 2.14. The van der Waals surface area contributed by atoms with Crippen molar-refractivity contribution in [3.8, 4) is 11.5 Å². The van der Waals surface area contributed by atoms with Gasteiger partial charge in [0.25, 0.3) is 0 Å². The molecule has 2 rings (SSSR count). The third-order valence-electron chi connectivity index (χ3n) is 2.76. The SMILES string of the molecule is COc1ccc(OC)c(NC(=O)Cc2nc(C(=O)O)cs2)c1. The first kappa shape index (κ1) is 15.8. The second-order valence-electron chi connectivity index (χ2n) is 4.22. The number of aromatic carboxylic acids is 1. The Morgan fingerprint density at radius 2 is 2.09 bits per heavy atom. The zero-order valence-corrected chi connectivity index (χ0v) is 12.8. The fourth-order valence-electron chi connectivity index (χ4n) is 1.73. The molecule has 1 amide bonds. The summed E-state index contributed by atoms with van der Waals surface area (Å²) in [6.07, 6.45) is -0.0156. The van der Waals surface area contributed by atoms with Crippen LogP contribution in [0.4, 0.5) is 5.69 Å². The van der Waals surface area contributed by atoms with Gasteiger partial charge in [-0.3, -0.25) is 4.79 Å². The average Bonchev–Trinajstić information content (AvgIpc) is 2.95. The lowest BCUT2D eigenvalue weighted by molar-refractivity contribution is -0.115. The second kappa shape index (κ2) is 6.90. The summed E-state index contributed by atoms with van der Waals surface area (Å²) < 4.78 is 10.3. The number of ether oxygens (including phenoxy) is 2. The van der Waals surface area contributed by atoms with Gasteiger partial charge in [0.05, 0.1) is 26.3 Å². The number of carbonyl (C=O) groups is 2. The number of carboxylic acid groups (broad SMARTS) is 1. The molecule has 0 spiro atoms. The van der Waals surface area contributed by atoms with Gasteiger partial charge in [0.1, 0.15) is 16.5 Å². The van der Waals surface area contributed by atoms with Crippen LogP contribution < -0.4 is 14.8 Å². The van der Waals surface area contributed by atoms with Crippen LogP contribution in [0.15, 0.2) is 23.6 Å². The number of methoxy groups -OCH3 is 2. The van der Waals surface area contributed by atoms with Crippen molar-refractivity contribution in [2.24, 2.45) is 0 Å². The van der Waals surface area contributed by atoms with Crippen molar-refractivity contribution >= 4 is 28.9 Å². The van der Waals surface area contributed by atoms with Crippen LogP contribution in [0.2, 0.25) is 0 Å². The van der Waals surface area contributed by atoms with Crippen LogP contribution in [0.1, 0.15) is 15.5 Å². The number of thiazole rings is 1. The number of benzene rings is 1. The lowest BCUT2D eigenvalue weighted by Crippen LogP contribution is -2.15. The monoisotopic (exact) mass is 322 g/mol. The third kappa shape index (κ3) is 3.73. The molecule has 1 aromatic carbocycles. The van der Waals surface area contributed by atoms with E-state index >= 15 is 0 Å². The van der Waals surface area contributed by atoms with E-state index in [0.29, 0.717) is 22.2 Å². The second-order valence-corrected chi connectivity index (χ2v) is 5.17. The maximum Gasteiger partial charge on any atom is 0.355 e. The van der Waals surface area contributed by atoms with E-state index in [4.69, 9.17) is 14.6 Å². The molecular weight excluding hydrogens is 308 g/mol. The number of hydrogen-bond acceptors (Lipinski definition) is 6. The first-order valence-corrected chi connectivity index (χ1v) is 7.11. The molecule has 0 aliphatic heterocycles. The average molecular weight is 322 g/mol. The number of aromatic nitrogens is 1. The quantitative estimate of drug-likeness (QED) is 0.844. The smallest absolute Gasteiger partial charge is 0.355 e. The highest BCUT2D eigenvalue weighted by atomic mass is 32.1. The van der Waals surface area contributed by atoms with Crippen LogP contribution in [0.5, 0.6) is 11.5 Å². The van der Waals surface area contributed by atoms with Crippen molar-refractivity contribution in [2.45, 2.75) is 6.42 Å². The van der Waals surface area contributed by atoms with Gasteiger partial charge in [0.2, 0.25) is 5.91 Å². The molecule has 0 saturated heterocycles. The summed E-state index contributed by atoms with van der Waals surface area (Å²) in [5.74, 6) is -0.353. The molecule has 0 atom stereocenters. The van der Waals surface area contributed by atoms with E-state index < -0.39 is 5.97 Å². The Hall–Kier alpha value is -2.61. The predicted octanol–water partition coefficient (Wildman–Crippen LogP) is 2.04. The van der Waals surface area contributed by atoms with Gasteiger partial charge in [0.15, 0.2) is 5.69 Å². The molecular formula is C14H14N2O5S. The fraction of sp³-hybridized carbons (Fsp3) is 0.214. The van der Waals surface area contributed by atoms with Crippen LogP contribution in [-0.2, 0) is 11.2 Å². The number of nitrogens with zero attached hydrogens (tertiary/aromatic N) is 1. The molecule has 116 valence electrons. The minimum absolute atomic E-state index is 0.0156. The molecule has 0 aliphatic carbocycles. The van der Waals surface area contributed by atoms with Gasteiger partial charge in [-0.25, -0.2) is 9.78 Å². The van der Waals surface area contributed by atoms with Crippen LogP contribution >= 0.6 is 11.3 Å².